The van der Waals surface area contributed by atoms with Crippen molar-refractivity contribution in [3.8, 4) is 0 Å². The number of hydrogen-bond donors (Lipinski definition) is 1. The average molecular weight is 467 g/mol. The minimum atomic E-state index is -0.743. The molecule has 0 saturated carbocycles. The number of ketones is 1. The Morgan fingerprint density at radius 3 is 2.61 bits per heavy atom. The molecule has 3 aromatic rings. The zero-order valence-corrected chi connectivity index (χ0v) is 19.7. The summed E-state index contributed by atoms with van der Waals surface area (Å²) in [5, 5.41) is 11.9. The van der Waals surface area contributed by atoms with E-state index in [0.29, 0.717) is 40.7 Å². The van der Waals surface area contributed by atoms with Gasteiger partial charge in [-0.25, -0.2) is 4.98 Å². The highest BCUT2D eigenvalue weighted by Crippen LogP contribution is 2.40. The van der Waals surface area contributed by atoms with Crippen LogP contribution in [0.3, 0.4) is 0 Å². The number of fused-ring (bicyclic) bond motifs is 1. The molecular weight excluding hydrogens is 440 g/mol. The first-order chi connectivity index (χ1) is 15.9. The lowest BCUT2D eigenvalue weighted by molar-refractivity contribution is -0.140. The predicted molar refractivity (Wildman–Crippen MR) is 128 cm³/mol. The Kier molecular flexibility index (Phi) is 6.54. The van der Waals surface area contributed by atoms with Gasteiger partial charge in [0.2, 0.25) is 0 Å². The third kappa shape index (κ3) is 4.14. The SMILES string of the molecule is CCN(CC)CCN1C(=O)C(=O)C(=C(O)c2c(C)nc3ccccn23)[C@@H]1c1cccc(Cl)c1. The first-order valence-electron chi connectivity index (χ1n) is 11.1. The van der Waals surface area contributed by atoms with Crippen LogP contribution in [0.15, 0.2) is 54.2 Å². The van der Waals surface area contributed by atoms with Crippen molar-refractivity contribution < 1.29 is 14.7 Å². The summed E-state index contributed by atoms with van der Waals surface area (Å²) in [6.45, 7) is 8.52. The standard InChI is InChI=1S/C25H27ClN4O3/c1-4-28(5-2)13-14-30-22(17-9-8-10-18(26)15-17)20(24(32)25(30)33)23(31)21-16(3)27-19-11-6-7-12-29(19)21/h6-12,15,22,31H,4-5,13-14H2,1-3H3/t22-/m0/s1. The van der Waals surface area contributed by atoms with Crippen LogP contribution in [0.25, 0.3) is 11.4 Å². The van der Waals surface area contributed by atoms with E-state index in [1.54, 1.807) is 35.7 Å². The molecule has 0 aliphatic carbocycles. The zero-order chi connectivity index (χ0) is 23.7. The normalized spacial score (nSPS) is 18.1. The number of aliphatic hydroxyl groups excluding tert-OH is 1. The quantitative estimate of drug-likeness (QED) is 0.323. The third-order valence-electron chi connectivity index (χ3n) is 6.18. The number of nitrogens with zero attached hydrogens (tertiary/aromatic N) is 4. The number of likely N-dealkylation sites (tertiary alicyclic amines) is 1. The molecule has 172 valence electrons. The Labute approximate surface area is 197 Å². The van der Waals surface area contributed by atoms with E-state index in [0.717, 1.165) is 13.1 Å². The minimum Gasteiger partial charge on any atom is -0.505 e. The van der Waals surface area contributed by atoms with E-state index in [1.807, 2.05) is 24.3 Å². The maximum atomic E-state index is 13.3. The van der Waals surface area contributed by atoms with Gasteiger partial charge in [-0.05, 0) is 49.8 Å². The van der Waals surface area contributed by atoms with Gasteiger partial charge in [-0.3, -0.25) is 14.0 Å². The lowest BCUT2D eigenvalue weighted by Crippen LogP contribution is -2.38. The number of aromatic nitrogens is 2. The number of rotatable bonds is 7. The fraction of sp³-hybridized carbons (Fsp3) is 0.320. The largest absolute Gasteiger partial charge is 0.505 e. The van der Waals surface area contributed by atoms with Crippen molar-refractivity contribution in [2.24, 2.45) is 0 Å². The van der Waals surface area contributed by atoms with Gasteiger partial charge in [0.05, 0.1) is 17.3 Å². The van der Waals surface area contributed by atoms with Crippen LogP contribution in [-0.2, 0) is 9.59 Å². The van der Waals surface area contributed by atoms with E-state index in [-0.39, 0.29) is 11.3 Å². The molecule has 1 atom stereocenters. The number of benzene rings is 1. The van der Waals surface area contributed by atoms with Crippen LogP contribution < -0.4 is 0 Å². The summed E-state index contributed by atoms with van der Waals surface area (Å²) >= 11 is 6.26. The fourth-order valence-corrected chi connectivity index (χ4v) is 4.65. The van der Waals surface area contributed by atoms with Crippen molar-refractivity contribution in [1.82, 2.24) is 19.2 Å². The summed E-state index contributed by atoms with van der Waals surface area (Å²) in [4.78, 5) is 34.6. The predicted octanol–water partition coefficient (Wildman–Crippen LogP) is 4.06. The maximum Gasteiger partial charge on any atom is 0.295 e. The van der Waals surface area contributed by atoms with Crippen molar-refractivity contribution in [2.75, 3.05) is 26.2 Å². The molecular formula is C25H27ClN4O3. The van der Waals surface area contributed by atoms with Gasteiger partial charge in [0.1, 0.15) is 11.3 Å². The topological polar surface area (TPSA) is 78.2 Å². The molecule has 1 saturated heterocycles. The molecule has 4 rings (SSSR count). The van der Waals surface area contributed by atoms with Crippen LogP contribution in [-0.4, -0.2) is 62.2 Å². The lowest BCUT2D eigenvalue weighted by atomic mass is 9.96. The molecule has 0 bridgehead atoms. The highest BCUT2D eigenvalue weighted by molar-refractivity contribution is 6.46. The van der Waals surface area contributed by atoms with E-state index >= 15 is 0 Å². The van der Waals surface area contributed by atoms with Gasteiger partial charge in [-0.1, -0.05) is 43.6 Å². The fourth-order valence-electron chi connectivity index (χ4n) is 4.45. The highest BCUT2D eigenvalue weighted by atomic mass is 35.5. The van der Waals surface area contributed by atoms with Gasteiger partial charge >= 0.3 is 0 Å². The number of aliphatic hydroxyl groups is 1. The summed E-state index contributed by atoms with van der Waals surface area (Å²) in [5.74, 6) is -1.57. The van der Waals surface area contributed by atoms with Crippen molar-refractivity contribution in [3.63, 3.8) is 0 Å². The van der Waals surface area contributed by atoms with E-state index in [4.69, 9.17) is 11.6 Å². The van der Waals surface area contributed by atoms with E-state index in [9.17, 15) is 14.7 Å². The minimum absolute atomic E-state index is 0.0515. The number of halogens is 1. The lowest BCUT2D eigenvalue weighted by Gasteiger charge is -2.28. The summed E-state index contributed by atoms with van der Waals surface area (Å²) in [6.07, 6.45) is 1.77. The van der Waals surface area contributed by atoms with Crippen molar-refractivity contribution in [1.29, 1.82) is 0 Å². The molecule has 0 radical (unpaired) electrons. The Balaban J connectivity index is 1.88. The number of amides is 1. The summed E-state index contributed by atoms with van der Waals surface area (Å²) in [7, 11) is 0. The van der Waals surface area contributed by atoms with Crippen molar-refractivity contribution in [2.45, 2.75) is 26.8 Å². The van der Waals surface area contributed by atoms with Crippen LogP contribution in [0, 0.1) is 6.92 Å². The molecule has 1 N–H and O–H groups in total. The highest BCUT2D eigenvalue weighted by Gasteiger charge is 2.46. The molecule has 3 heterocycles. The monoisotopic (exact) mass is 466 g/mol. The third-order valence-corrected chi connectivity index (χ3v) is 6.42. The van der Waals surface area contributed by atoms with Crippen LogP contribution in [0.2, 0.25) is 5.02 Å². The first kappa shape index (κ1) is 23.0. The molecule has 1 fully saturated rings. The van der Waals surface area contributed by atoms with Crippen molar-refractivity contribution >= 4 is 34.7 Å². The molecule has 1 aliphatic heterocycles. The number of aryl methyl sites for hydroxylation is 1. The first-order valence-corrected chi connectivity index (χ1v) is 11.4. The van der Waals surface area contributed by atoms with Crippen LogP contribution in [0.5, 0.6) is 0 Å². The molecule has 2 aromatic heterocycles. The summed E-state index contributed by atoms with van der Waals surface area (Å²) < 4.78 is 1.73. The van der Waals surface area contributed by atoms with Crippen molar-refractivity contribution in [3.05, 3.63) is 76.2 Å². The van der Waals surface area contributed by atoms with Gasteiger partial charge in [0.25, 0.3) is 11.7 Å². The van der Waals surface area contributed by atoms with Crippen LogP contribution in [0.1, 0.15) is 36.8 Å². The number of hydrogen-bond acceptors (Lipinski definition) is 5. The number of carbonyl (C=O) groups excluding carboxylic acids is 2. The molecule has 1 aliphatic rings. The van der Waals surface area contributed by atoms with Gasteiger partial charge in [0, 0.05) is 24.3 Å². The number of pyridine rings is 1. The second-order valence-electron chi connectivity index (χ2n) is 8.05. The van der Waals surface area contributed by atoms with Crippen LogP contribution in [0.4, 0.5) is 0 Å². The van der Waals surface area contributed by atoms with E-state index in [1.165, 1.54) is 4.90 Å². The Bertz CT molecular complexity index is 1250. The average Bonchev–Trinajstić information content (AvgIpc) is 3.27. The second kappa shape index (κ2) is 9.37. The van der Waals surface area contributed by atoms with Gasteiger partial charge < -0.3 is 14.9 Å². The second-order valence-corrected chi connectivity index (χ2v) is 8.49. The molecule has 1 aromatic carbocycles. The van der Waals surface area contributed by atoms with Gasteiger partial charge in [-0.2, -0.15) is 0 Å². The summed E-state index contributed by atoms with van der Waals surface area (Å²) in [6, 6.07) is 11.8. The number of imidazole rings is 1. The van der Waals surface area contributed by atoms with Gasteiger partial charge in [0.15, 0.2) is 5.76 Å². The molecule has 33 heavy (non-hydrogen) atoms. The molecule has 7 nitrogen and oxygen atoms in total. The molecule has 1 amide bonds. The smallest absolute Gasteiger partial charge is 0.295 e. The Morgan fingerprint density at radius 2 is 1.91 bits per heavy atom. The van der Waals surface area contributed by atoms with E-state index < -0.39 is 17.7 Å². The Hall–Kier alpha value is -3.16. The number of Topliss-reactive ketones (excluding diaryl/α,β-unsaturated/α-hetero) is 1. The summed E-state index contributed by atoms with van der Waals surface area (Å²) in [5.41, 5.74) is 2.34. The maximum absolute atomic E-state index is 13.3. The zero-order valence-electron chi connectivity index (χ0n) is 19.0. The van der Waals surface area contributed by atoms with E-state index in [2.05, 4.69) is 23.7 Å². The molecule has 0 unspecified atom stereocenters. The Morgan fingerprint density at radius 1 is 1.15 bits per heavy atom. The number of likely N-dealkylation sites (N-methyl/N-ethyl adjacent to an activating group) is 1. The van der Waals surface area contributed by atoms with Gasteiger partial charge in [-0.15, -0.1) is 0 Å². The molecule has 0 spiro atoms. The molecule has 8 heteroatoms. The number of carbonyl (C=O) groups is 2. The van der Waals surface area contributed by atoms with Crippen LogP contribution >= 0.6 is 11.6 Å².